The molecule has 1 aromatic carbocycles. The van der Waals surface area contributed by atoms with Crippen LogP contribution in [0, 0.1) is 11.3 Å². The first-order chi connectivity index (χ1) is 18.0. The standard InChI is InChI=1S/C27H22N8O2/c1-3-30-26(36)23-24(19-9-4-5-11-31-19)35-25(33-23)21(17-10-12-32-20(14-17)37-2)22(34-27(35)29)18-8-6-7-16(13-18)15-28/h4-14H,3H2,1-2H3,(H2,29,34)(H,30,36). The van der Waals surface area contributed by atoms with E-state index in [1.807, 2.05) is 19.1 Å². The number of carbonyl (C=O) groups excluding carboxylic acids is 1. The van der Waals surface area contributed by atoms with E-state index in [0.717, 1.165) is 0 Å². The number of nitrogen functional groups attached to an aromatic ring is 1. The summed E-state index contributed by atoms with van der Waals surface area (Å²) in [5.41, 5.74) is 11.0. The minimum atomic E-state index is -0.363. The maximum absolute atomic E-state index is 13.2. The van der Waals surface area contributed by atoms with E-state index in [4.69, 9.17) is 20.4 Å². The molecule has 4 aromatic heterocycles. The van der Waals surface area contributed by atoms with Crippen LogP contribution in [0.5, 0.6) is 5.88 Å². The molecule has 182 valence electrons. The Bertz CT molecular complexity index is 1670. The van der Waals surface area contributed by atoms with Gasteiger partial charge < -0.3 is 15.8 Å². The second kappa shape index (κ2) is 9.75. The second-order valence-corrected chi connectivity index (χ2v) is 8.02. The first kappa shape index (κ1) is 23.4. The highest BCUT2D eigenvalue weighted by Gasteiger charge is 2.27. The molecule has 0 aliphatic rings. The van der Waals surface area contributed by atoms with E-state index in [1.54, 1.807) is 59.3 Å². The Kier molecular flexibility index (Phi) is 6.18. The Morgan fingerprint density at radius 3 is 2.68 bits per heavy atom. The van der Waals surface area contributed by atoms with Gasteiger partial charge in [-0.15, -0.1) is 0 Å². The Morgan fingerprint density at radius 2 is 1.95 bits per heavy atom. The summed E-state index contributed by atoms with van der Waals surface area (Å²) in [5.74, 6) is 0.142. The van der Waals surface area contributed by atoms with Crippen LogP contribution >= 0.6 is 0 Å². The van der Waals surface area contributed by atoms with Gasteiger partial charge in [0.05, 0.1) is 35.7 Å². The lowest BCUT2D eigenvalue weighted by Crippen LogP contribution is -2.23. The van der Waals surface area contributed by atoms with Crippen molar-refractivity contribution in [3.05, 3.63) is 78.2 Å². The minimum Gasteiger partial charge on any atom is -0.481 e. The van der Waals surface area contributed by atoms with Gasteiger partial charge in [0.2, 0.25) is 11.8 Å². The number of nitrogens with zero attached hydrogens (tertiary/aromatic N) is 6. The SMILES string of the molecule is CCNC(=O)c1nc2c(-c3ccnc(OC)c3)c(-c3cccc(C#N)c3)nc(N)n2c1-c1ccccn1. The van der Waals surface area contributed by atoms with E-state index < -0.39 is 0 Å². The largest absolute Gasteiger partial charge is 0.481 e. The average Bonchev–Trinajstić information content (AvgIpc) is 3.35. The summed E-state index contributed by atoms with van der Waals surface area (Å²) in [4.78, 5) is 31.4. The van der Waals surface area contributed by atoms with E-state index >= 15 is 0 Å². The summed E-state index contributed by atoms with van der Waals surface area (Å²) in [6.07, 6.45) is 3.25. The number of anilines is 1. The third-order valence-corrected chi connectivity index (χ3v) is 5.75. The Hall–Kier alpha value is -5.30. The molecule has 1 amide bonds. The molecule has 0 saturated heterocycles. The molecular weight excluding hydrogens is 468 g/mol. The number of fused-ring (bicyclic) bond motifs is 1. The molecule has 0 atom stereocenters. The van der Waals surface area contributed by atoms with Crippen molar-refractivity contribution < 1.29 is 9.53 Å². The maximum atomic E-state index is 13.2. The van der Waals surface area contributed by atoms with Gasteiger partial charge in [0.15, 0.2) is 11.3 Å². The predicted molar refractivity (Wildman–Crippen MR) is 139 cm³/mol. The molecule has 0 fully saturated rings. The van der Waals surface area contributed by atoms with Gasteiger partial charge in [-0.1, -0.05) is 18.2 Å². The molecule has 5 aromatic rings. The van der Waals surface area contributed by atoms with E-state index in [2.05, 4.69) is 21.4 Å². The van der Waals surface area contributed by atoms with Crippen LogP contribution in [-0.2, 0) is 0 Å². The number of imidazole rings is 1. The van der Waals surface area contributed by atoms with Crippen LogP contribution in [0.2, 0.25) is 0 Å². The zero-order chi connectivity index (χ0) is 25.9. The Balaban J connectivity index is 1.94. The van der Waals surface area contributed by atoms with Crippen molar-refractivity contribution in [2.24, 2.45) is 0 Å². The van der Waals surface area contributed by atoms with E-state index in [1.165, 1.54) is 7.11 Å². The van der Waals surface area contributed by atoms with Crippen LogP contribution in [0.4, 0.5) is 5.95 Å². The van der Waals surface area contributed by atoms with Crippen molar-refractivity contribution in [1.82, 2.24) is 29.7 Å². The highest BCUT2D eigenvalue weighted by atomic mass is 16.5. The van der Waals surface area contributed by atoms with E-state index in [-0.39, 0.29) is 17.5 Å². The molecule has 0 unspecified atom stereocenters. The number of nitrogens with two attached hydrogens (primary N) is 1. The quantitative estimate of drug-likeness (QED) is 0.366. The third-order valence-electron chi connectivity index (χ3n) is 5.75. The number of pyridine rings is 2. The van der Waals surface area contributed by atoms with Crippen molar-refractivity contribution in [3.63, 3.8) is 0 Å². The number of hydrogen-bond acceptors (Lipinski definition) is 8. The van der Waals surface area contributed by atoms with Gasteiger partial charge in [-0.25, -0.2) is 15.0 Å². The summed E-state index contributed by atoms with van der Waals surface area (Å²) in [5, 5.41) is 12.3. The average molecular weight is 491 g/mol. The first-order valence-corrected chi connectivity index (χ1v) is 11.5. The number of aromatic nitrogens is 5. The van der Waals surface area contributed by atoms with Gasteiger partial charge in [0.25, 0.3) is 5.91 Å². The number of rotatable bonds is 6. The summed E-state index contributed by atoms with van der Waals surface area (Å²) < 4.78 is 6.99. The molecule has 0 radical (unpaired) electrons. The molecule has 0 aliphatic heterocycles. The van der Waals surface area contributed by atoms with Crippen molar-refractivity contribution in [2.45, 2.75) is 6.92 Å². The lowest BCUT2D eigenvalue weighted by molar-refractivity contribution is 0.0952. The fraction of sp³-hybridized carbons (Fsp3) is 0.111. The molecule has 37 heavy (non-hydrogen) atoms. The normalized spacial score (nSPS) is 10.7. The number of nitriles is 1. The summed E-state index contributed by atoms with van der Waals surface area (Å²) >= 11 is 0. The Morgan fingerprint density at radius 1 is 1.08 bits per heavy atom. The predicted octanol–water partition coefficient (Wildman–Crippen LogP) is 3.73. The lowest BCUT2D eigenvalue weighted by atomic mass is 9.99. The highest BCUT2D eigenvalue weighted by molar-refractivity contribution is 6.02. The highest BCUT2D eigenvalue weighted by Crippen LogP contribution is 2.39. The topological polar surface area (TPSA) is 144 Å². The van der Waals surface area contributed by atoms with Gasteiger partial charge in [-0.2, -0.15) is 5.26 Å². The molecule has 4 heterocycles. The van der Waals surface area contributed by atoms with E-state index in [0.29, 0.717) is 57.4 Å². The summed E-state index contributed by atoms with van der Waals surface area (Å²) in [6.45, 7) is 2.25. The zero-order valence-electron chi connectivity index (χ0n) is 20.1. The maximum Gasteiger partial charge on any atom is 0.272 e. The van der Waals surface area contributed by atoms with Crippen molar-refractivity contribution in [3.8, 4) is 45.7 Å². The summed E-state index contributed by atoms with van der Waals surface area (Å²) in [7, 11) is 1.53. The molecule has 0 aliphatic carbocycles. The van der Waals surface area contributed by atoms with Crippen molar-refractivity contribution >= 4 is 17.5 Å². The number of amides is 1. The van der Waals surface area contributed by atoms with Crippen molar-refractivity contribution in [2.75, 3.05) is 19.4 Å². The van der Waals surface area contributed by atoms with Crippen LogP contribution in [0.25, 0.3) is 39.4 Å². The number of methoxy groups -OCH3 is 1. The molecule has 5 rings (SSSR count). The molecule has 10 heteroatoms. The van der Waals surface area contributed by atoms with Crippen molar-refractivity contribution in [1.29, 1.82) is 5.26 Å². The molecule has 0 bridgehead atoms. The van der Waals surface area contributed by atoms with Gasteiger partial charge in [0, 0.05) is 30.6 Å². The number of carbonyl (C=O) groups is 1. The number of benzene rings is 1. The summed E-state index contributed by atoms with van der Waals surface area (Å²) in [6, 6.07) is 18.2. The fourth-order valence-corrected chi connectivity index (χ4v) is 4.17. The third kappa shape index (κ3) is 4.19. The zero-order valence-corrected chi connectivity index (χ0v) is 20.1. The van der Waals surface area contributed by atoms with Crippen LogP contribution in [0.15, 0.2) is 67.0 Å². The van der Waals surface area contributed by atoms with Gasteiger partial charge in [-0.05, 0) is 42.8 Å². The van der Waals surface area contributed by atoms with Gasteiger partial charge >= 0.3 is 0 Å². The van der Waals surface area contributed by atoms with Crippen LogP contribution < -0.4 is 15.8 Å². The Labute approximate surface area is 212 Å². The van der Waals surface area contributed by atoms with Gasteiger partial charge in [-0.3, -0.25) is 14.2 Å². The van der Waals surface area contributed by atoms with E-state index in [9.17, 15) is 10.1 Å². The molecule has 0 spiro atoms. The van der Waals surface area contributed by atoms with Gasteiger partial charge in [0.1, 0.15) is 5.69 Å². The lowest BCUT2D eigenvalue weighted by Gasteiger charge is -2.14. The monoisotopic (exact) mass is 490 g/mol. The second-order valence-electron chi connectivity index (χ2n) is 8.02. The number of nitrogens with one attached hydrogen (secondary N) is 1. The van der Waals surface area contributed by atoms with Crippen LogP contribution in [0.1, 0.15) is 23.0 Å². The van der Waals surface area contributed by atoms with Crippen LogP contribution in [-0.4, -0.2) is 43.9 Å². The fourth-order valence-electron chi connectivity index (χ4n) is 4.17. The molecule has 3 N–H and O–H groups in total. The number of ether oxygens (including phenoxy) is 1. The molecular formula is C27H22N8O2. The smallest absolute Gasteiger partial charge is 0.272 e. The minimum absolute atomic E-state index is 0.112. The van der Waals surface area contributed by atoms with Crippen LogP contribution in [0.3, 0.4) is 0 Å². The molecule has 10 nitrogen and oxygen atoms in total. The number of hydrogen-bond donors (Lipinski definition) is 2. The molecule has 0 saturated carbocycles. The first-order valence-electron chi connectivity index (χ1n) is 11.5.